The van der Waals surface area contributed by atoms with Crippen LogP contribution in [0.4, 0.5) is 5.13 Å². The van der Waals surface area contributed by atoms with E-state index in [1.165, 1.54) is 19.3 Å². The lowest BCUT2D eigenvalue weighted by atomic mass is 9.76. The SMILES string of the molecule is Nc1nnc(S(=O)(=O)N2CCC3CCCCC3C2)s1. The molecular weight excluding hydrogens is 284 g/mol. The molecule has 2 N–H and O–H groups in total. The van der Waals surface area contributed by atoms with Gasteiger partial charge in [0.15, 0.2) is 0 Å². The van der Waals surface area contributed by atoms with E-state index in [0.29, 0.717) is 24.9 Å². The Bertz CT molecular complexity index is 557. The van der Waals surface area contributed by atoms with Gasteiger partial charge in [-0.05, 0) is 24.7 Å². The van der Waals surface area contributed by atoms with Gasteiger partial charge in [-0.3, -0.25) is 0 Å². The Kier molecular flexibility index (Phi) is 3.48. The van der Waals surface area contributed by atoms with Crippen LogP contribution in [0.2, 0.25) is 0 Å². The Morgan fingerprint density at radius 3 is 2.58 bits per heavy atom. The average molecular weight is 302 g/mol. The smallest absolute Gasteiger partial charge is 0.272 e. The fourth-order valence-electron chi connectivity index (χ4n) is 3.22. The van der Waals surface area contributed by atoms with E-state index in [0.717, 1.165) is 24.2 Å². The second kappa shape index (κ2) is 4.99. The third-order valence-corrected chi connectivity index (χ3v) is 7.20. The van der Waals surface area contributed by atoms with Crippen LogP contribution >= 0.6 is 11.3 Å². The summed E-state index contributed by atoms with van der Waals surface area (Å²) in [6, 6.07) is 0. The number of nitrogens with two attached hydrogens (primary N) is 1. The highest BCUT2D eigenvalue weighted by Gasteiger charge is 2.37. The van der Waals surface area contributed by atoms with Crippen LogP contribution in [0.15, 0.2) is 4.34 Å². The molecule has 2 aliphatic rings. The molecule has 1 aromatic rings. The first-order valence-electron chi connectivity index (χ1n) is 6.66. The number of hydrogen-bond acceptors (Lipinski definition) is 6. The molecule has 2 heterocycles. The summed E-state index contributed by atoms with van der Waals surface area (Å²) in [6.07, 6.45) is 5.89. The van der Waals surface area contributed by atoms with Gasteiger partial charge >= 0.3 is 0 Å². The molecule has 106 valence electrons. The molecule has 2 fully saturated rings. The van der Waals surface area contributed by atoms with E-state index in [-0.39, 0.29) is 9.47 Å². The van der Waals surface area contributed by atoms with Crippen LogP contribution in [0.25, 0.3) is 0 Å². The van der Waals surface area contributed by atoms with Gasteiger partial charge in [-0.2, -0.15) is 4.31 Å². The maximum Gasteiger partial charge on any atom is 0.272 e. The van der Waals surface area contributed by atoms with Crippen molar-refractivity contribution < 1.29 is 8.42 Å². The van der Waals surface area contributed by atoms with Crippen LogP contribution in [-0.4, -0.2) is 36.0 Å². The van der Waals surface area contributed by atoms with Crippen LogP contribution in [0, 0.1) is 11.8 Å². The first kappa shape index (κ1) is 13.3. The van der Waals surface area contributed by atoms with E-state index < -0.39 is 10.0 Å². The molecule has 1 aromatic heterocycles. The van der Waals surface area contributed by atoms with E-state index >= 15 is 0 Å². The Balaban J connectivity index is 1.79. The predicted molar refractivity (Wildman–Crippen MR) is 73.1 cm³/mol. The highest BCUT2D eigenvalue weighted by molar-refractivity contribution is 7.91. The zero-order valence-corrected chi connectivity index (χ0v) is 12.3. The van der Waals surface area contributed by atoms with E-state index in [1.807, 2.05) is 0 Å². The number of rotatable bonds is 2. The van der Waals surface area contributed by atoms with Crippen molar-refractivity contribution in [2.45, 2.75) is 36.4 Å². The summed E-state index contributed by atoms with van der Waals surface area (Å²) in [7, 11) is -3.49. The molecule has 8 heteroatoms. The van der Waals surface area contributed by atoms with Gasteiger partial charge in [0, 0.05) is 13.1 Å². The van der Waals surface area contributed by atoms with Crippen molar-refractivity contribution in [1.82, 2.24) is 14.5 Å². The third kappa shape index (κ3) is 2.48. The van der Waals surface area contributed by atoms with Crippen LogP contribution in [0.1, 0.15) is 32.1 Å². The highest BCUT2D eigenvalue weighted by atomic mass is 32.2. The number of sulfonamides is 1. The van der Waals surface area contributed by atoms with Gasteiger partial charge in [0.05, 0.1) is 0 Å². The van der Waals surface area contributed by atoms with E-state index in [2.05, 4.69) is 10.2 Å². The Labute approximate surface area is 117 Å². The number of fused-ring (bicyclic) bond motifs is 1. The topological polar surface area (TPSA) is 89.2 Å². The number of aromatic nitrogens is 2. The van der Waals surface area contributed by atoms with Gasteiger partial charge in [-0.15, -0.1) is 10.2 Å². The largest absolute Gasteiger partial charge is 0.374 e. The quantitative estimate of drug-likeness (QED) is 0.890. The Morgan fingerprint density at radius 1 is 1.16 bits per heavy atom. The molecule has 2 atom stereocenters. The lowest BCUT2D eigenvalue weighted by Crippen LogP contribution is -2.44. The molecule has 0 spiro atoms. The average Bonchev–Trinajstić information content (AvgIpc) is 2.85. The van der Waals surface area contributed by atoms with Crippen molar-refractivity contribution in [3.05, 3.63) is 0 Å². The monoisotopic (exact) mass is 302 g/mol. The molecule has 0 bridgehead atoms. The van der Waals surface area contributed by atoms with Gasteiger partial charge in [-0.25, -0.2) is 8.42 Å². The molecule has 1 aliphatic carbocycles. The minimum Gasteiger partial charge on any atom is -0.374 e. The number of nitrogens with zero attached hydrogens (tertiary/aromatic N) is 3. The van der Waals surface area contributed by atoms with Crippen LogP contribution in [-0.2, 0) is 10.0 Å². The van der Waals surface area contributed by atoms with Crippen LogP contribution < -0.4 is 5.73 Å². The summed E-state index contributed by atoms with van der Waals surface area (Å²) in [4.78, 5) is 0. The number of anilines is 1. The molecule has 1 saturated carbocycles. The van der Waals surface area contributed by atoms with Crippen LogP contribution in [0.3, 0.4) is 0 Å². The van der Waals surface area contributed by atoms with Crippen LogP contribution in [0.5, 0.6) is 0 Å². The maximum absolute atomic E-state index is 12.5. The molecule has 3 rings (SSSR count). The first-order chi connectivity index (χ1) is 9.07. The summed E-state index contributed by atoms with van der Waals surface area (Å²) in [6.45, 7) is 1.23. The van der Waals surface area contributed by atoms with Gasteiger partial charge < -0.3 is 5.73 Å². The number of hydrogen-bond donors (Lipinski definition) is 1. The predicted octanol–water partition coefficient (Wildman–Crippen LogP) is 1.32. The summed E-state index contributed by atoms with van der Waals surface area (Å²) in [5.41, 5.74) is 5.47. The molecule has 0 aromatic carbocycles. The normalized spacial score (nSPS) is 29.1. The van der Waals surface area contributed by atoms with Gasteiger partial charge in [-0.1, -0.05) is 30.6 Å². The maximum atomic E-state index is 12.5. The van der Waals surface area contributed by atoms with E-state index in [4.69, 9.17) is 5.73 Å². The second-order valence-electron chi connectivity index (χ2n) is 5.36. The molecule has 1 saturated heterocycles. The number of nitrogen functional groups attached to an aromatic ring is 1. The van der Waals surface area contributed by atoms with E-state index in [9.17, 15) is 8.42 Å². The molecule has 2 unspecified atom stereocenters. The Hall–Kier alpha value is -0.730. The summed E-state index contributed by atoms with van der Waals surface area (Å²) < 4.78 is 26.5. The van der Waals surface area contributed by atoms with E-state index in [1.54, 1.807) is 4.31 Å². The molecule has 1 aliphatic heterocycles. The zero-order chi connectivity index (χ0) is 13.5. The minimum atomic E-state index is -3.49. The molecule has 6 nitrogen and oxygen atoms in total. The van der Waals surface area contributed by atoms with Crippen molar-refractivity contribution >= 4 is 26.5 Å². The highest BCUT2D eigenvalue weighted by Crippen LogP contribution is 2.37. The van der Waals surface area contributed by atoms with Crippen molar-refractivity contribution in [2.24, 2.45) is 11.8 Å². The molecular formula is C11H18N4O2S2. The van der Waals surface area contributed by atoms with Crippen molar-refractivity contribution in [1.29, 1.82) is 0 Å². The molecule has 0 amide bonds. The van der Waals surface area contributed by atoms with Gasteiger partial charge in [0.25, 0.3) is 10.0 Å². The third-order valence-electron chi connectivity index (χ3n) is 4.24. The zero-order valence-electron chi connectivity index (χ0n) is 10.7. The van der Waals surface area contributed by atoms with Gasteiger partial charge in [0.2, 0.25) is 9.47 Å². The Morgan fingerprint density at radius 2 is 1.89 bits per heavy atom. The lowest BCUT2D eigenvalue weighted by Gasteiger charge is -2.40. The lowest BCUT2D eigenvalue weighted by molar-refractivity contribution is 0.136. The molecule has 19 heavy (non-hydrogen) atoms. The van der Waals surface area contributed by atoms with Crippen molar-refractivity contribution in [2.75, 3.05) is 18.8 Å². The minimum absolute atomic E-state index is 0.0271. The molecule has 0 radical (unpaired) electrons. The summed E-state index contributed by atoms with van der Waals surface area (Å²) in [5.74, 6) is 1.22. The van der Waals surface area contributed by atoms with Gasteiger partial charge in [0.1, 0.15) is 0 Å². The number of piperidine rings is 1. The fourth-order valence-corrected chi connectivity index (χ4v) is 5.66. The van der Waals surface area contributed by atoms with Crippen molar-refractivity contribution in [3.8, 4) is 0 Å². The standard InChI is InChI=1S/C11H18N4O2S2/c12-10-13-14-11(18-10)19(16,17)15-6-5-8-3-1-2-4-9(8)7-15/h8-9H,1-7H2,(H2,12,13). The van der Waals surface area contributed by atoms with Crippen molar-refractivity contribution in [3.63, 3.8) is 0 Å². The first-order valence-corrected chi connectivity index (χ1v) is 8.92. The summed E-state index contributed by atoms with van der Waals surface area (Å²) in [5, 5.41) is 7.48. The summed E-state index contributed by atoms with van der Waals surface area (Å²) >= 11 is 0.944. The second-order valence-corrected chi connectivity index (χ2v) is 8.48. The fraction of sp³-hybridized carbons (Fsp3) is 0.818.